The van der Waals surface area contributed by atoms with Crippen LogP contribution in [-0.4, -0.2) is 23.1 Å². The molecule has 0 spiro atoms. The van der Waals surface area contributed by atoms with Gasteiger partial charge in [0.2, 0.25) is 5.95 Å². The number of rotatable bonds is 6. The van der Waals surface area contributed by atoms with Gasteiger partial charge < -0.3 is 10.6 Å². The minimum Gasteiger partial charge on any atom is -0.370 e. The van der Waals surface area contributed by atoms with Crippen molar-refractivity contribution in [2.75, 3.05) is 23.7 Å². The molecule has 6 heteroatoms. The van der Waals surface area contributed by atoms with Gasteiger partial charge in [-0.1, -0.05) is 11.6 Å². The van der Waals surface area contributed by atoms with E-state index in [-0.39, 0.29) is 0 Å². The van der Waals surface area contributed by atoms with Crippen LogP contribution in [0, 0.1) is 6.92 Å². The van der Waals surface area contributed by atoms with Crippen molar-refractivity contribution in [1.82, 2.24) is 9.97 Å². The molecule has 0 aromatic carbocycles. The second-order valence-corrected chi connectivity index (χ2v) is 5.93. The lowest BCUT2D eigenvalue weighted by atomic mass is 10.3. The summed E-state index contributed by atoms with van der Waals surface area (Å²) in [5.74, 6) is 1.52. The van der Waals surface area contributed by atoms with Crippen molar-refractivity contribution in [2.24, 2.45) is 0 Å². The molecule has 2 aromatic heterocycles. The maximum atomic E-state index is 5.90. The van der Waals surface area contributed by atoms with Gasteiger partial charge in [0.1, 0.15) is 5.82 Å². The second kappa shape index (κ2) is 6.73. The van der Waals surface area contributed by atoms with Crippen LogP contribution in [0.25, 0.3) is 0 Å². The number of hydrogen-bond acceptors (Lipinski definition) is 5. The maximum Gasteiger partial charge on any atom is 0.224 e. The molecular weight excluding hydrogens is 280 g/mol. The highest BCUT2D eigenvalue weighted by Crippen LogP contribution is 2.21. The topological polar surface area (TPSA) is 49.8 Å². The van der Waals surface area contributed by atoms with Crippen molar-refractivity contribution < 1.29 is 0 Å². The zero-order valence-electron chi connectivity index (χ0n) is 11.0. The fourth-order valence-corrected chi connectivity index (χ4v) is 2.78. The molecule has 2 rings (SSSR count). The van der Waals surface area contributed by atoms with Gasteiger partial charge in [0.15, 0.2) is 0 Å². The summed E-state index contributed by atoms with van der Waals surface area (Å²) in [5.41, 5.74) is 0.951. The van der Waals surface area contributed by atoms with Crippen LogP contribution in [0.4, 0.5) is 11.8 Å². The van der Waals surface area contributed by atoms with Crippen molar-refractivity contribution in [2.45, 2.75) is 20.3 Å². The summed E-state index contributed by atoms with van der Waals surface area (Å²) >= 11 is 7.52. The lowest BCUT2D eigenvalue weighted by Crippen LogP contribution is -2.09. The van der Waals surface area contributed by atoms with Crippen molar-refractivity contribution >= 4 is 34.7 Å². The van der Waals surface area contributed by atoms with Gasteiger partial charge in [0, 0.05) is 29.7 Å². The quantitative estimate of drug-likeness (QED) is 0.855. The molecule has 19 heavy (non-hydrogen) atoms. The number of nitrogens with zero attached hydrogens (tertiary/aromatic N) is 2. The van der Waals surface area contributed by atoms with Crippen molar-refractivity contribution in [3.63, 3.8) is 0 Å². The molecule has 0 aliphatic rings. The summed E-state index contributed by atoms with van der Waals surface area (Å²) in [6, 6.07) is 5.94. The van der Waals surface area contributed by atoms with Crippen molar-refractivity contribution in [3.05, 3.63) is 33.1 Å². The van der Waals surface area contributed by atoms with Gasteiger partial charge in [-0.25, -0.2) is 4.98 Å². The molecule has 0 fully saturated rings. The van der Waals surface area contributed by atoms with Crippen LogP contribution in [0.3, 0.4) is 0 Å². The van der Waals surface area contributed by atoms with Crippen LogP contribution in [0.2, 0.25) is 4.34 Å². The number of anilines is 2. The Kier molecular flexibility index (Phi) is 4.99. The highest BCUT2D eigenvalue weighted by atomic mass is 35.5. The van der Waals surface area contributed by atoms with E-state index in [9.17, 15) is 0 Å². The van der Waals surface area contributed by atoms with Gasteiger partial charge in [-0.15, -0.1) is 11.3 Å². The first kappa shape index (κ1) is 14.1. The lowest BCUT2D eigenvalue weighted by molar-refractivity contribution is 1.000. The SMILES string of the molecule is CCNc1nc(C)cc(NCCc2ccc(Cl)s2)n1. The molecule has 0 aliphatic carbocycles. The third-order valence-electron chi connectivity index (χ3n) is 2.50. The van der Waals surface area contributed by atoms with E-state index in [2.05, 4.69) is 26.7 Å². The molecule has 102 valence electrons. The lowest BCUT2D eigenvalue weighted by Gasteiger charge is -2.08. The fourth-order valence-electron chi connectivity index (χ4n) is 1.70. The molecule has 0 unspecified atom stereocenters. The Morgan fingerprint density at radius 3 is 2.79 bits per heavy atom. The van der Waals surface area contributed by atoms with Crippen molar-refractivity contribution in [3.8, 4) is 0 Å². The highest BCUT2D eigenvalue weighted by molar-refractivity contribution is 7.16. The van der Waals surface area contributed by atoms with Gasteiger partial charge in [0.05, 0.1) is 4.34 Å². The molecule has 2 aromatic rings. The summed E-state index contributed by atoms with van der Waals surface area (Å²) < 4.78 is 0.835. The van der Waals surface area contributed by atoms with Crippen LogP contribution < -0.4 is 10.6 Å². The third kappa shape index (κ3) is 4.36. The predicted octanol–water partition coefficient (Wildman–Crippen LogP) is 3.59. The van der Waals surface area contributed by atoms with Gasteiger partial charge in [-0.2, -0.15) is 4.98 Å². The maximum absolute atomic E-state index is 5.90. The molecule has 4 nitrogen and oxygen atoms in total. The molecule has 2 heterocycles. The van der Waals surface area contributed by atoms with E-state index >= 15 is 0 Å². The molecule has 0 radical (unpaired) electrons. The van der Waals surface area contributed by atoms with Gasteiger partial charge >= 0.3 is 0 Å². The van der Waals surface area contributed by atoms with E-state index < -0.39 is 0 Å². The first-order valence-electron chi connectivity index (χ1n) is 6.25. The third-order valence-corrected chi connectivity index (χ3v) is 3.79. The molecule has 0 atom stereocenters. The summed E-state index contributed by atoms with van der Waals surface area (Å²) in [7, 11) is 0. The first-order valence-corrected chi connectivity index (χ1v) is 7.44. The Morgan fingerprint density at radius 2 is 2.11 bits per heavy atom. The van der Waals surface area contributed by atoms with Crippen LogP contribution in [-0.2, 0) is 6.42 Å². The van der Waals surface area contributed by atoms with Crippen LogP contribution in [0.1, 0.15) is 17.5 Å². The largest absolute Gasteiger partial charge is 0.370 e. The highest BCUT2D eigenvalue weighted by Gasteiger charge is 2.02. The van der Waals surface area contributed by atoms with Crippen LogP contribution in [0.15, 0.2) is 18.2 Å². The fraction of sp³-hybridized carbons (Fsp3) is 0.385. The van der Waals surface area contributed by atoms with Crippen molar-refractivity contribution in [1.29, 1.82) is 0 Å². The summed E-state index contributed by atoms with van der Waals surface area (Å²) in [5, 5.41) is 6.44. The smallest absolute Gasteiger partial charge is 0.224 e. The summed E-state index contributed by atoms with van der Waals surface area (Å²) in [4.78, 5) is 9.99. The minimum atomic E-state index is 0.671. The zero-order chi connectivity index (χ0) is 13.7. The van der Waals surface area contributed by atoms with E-state index in [0.29, 0.717) is 5.95 Å². The molecule has 0 bridgehead atoms. The molecule has 0 amide bonds. The van der Waals surface area contributed by atoms with E-state index in [1.807, 2.05) is 26.0 Å². The second-order valence-electron chi connectivity index (χ2n) is 4.13. The van der Waals surface area contributed by atoms with Crippen LogP contribution in [0.5, 0.6) is 0 Å². The van der Waals surface area contributed by atoms with E-state index in [1.54, 1.807) is 11.3 Å². The Hall–Kier alpha value is -1.33. The first-order chi connectivity index (χ1) is 9.17. The Balaban J connectivity index is 1.91. The Bertz CT molecular complexity index is 541. The molecule has 2 N–H and O–H groups in total. The van der Waals surface area contributed by atoms with E-state index in [1.165, 1.54) is 4.88 Å². The van der Waals surface area contributed by atoms with Gasteiger partial charge in [-0.05, 0) is 32.4 Å². The number of hydrogen-bond donors (Lipinski definition) is 2. The molecule has 0 aliphatic heterocycles. The van der Waals surface area contributed by atoms with E-state index in [0.717, 1.165) is 35.4 Å². The minimum absolute atomic E-state index is 0.671. The average molecular weight is 297 g/mol. The van der Waals surface area contributed by atoms with Gasteiger partial charge in [-0.3, -0.25) is 0 Å². The monoisotopic (exact) mass is 296 g/mol. The Labute approximate surface area is 122 Å². The normalized spacial score (nSPS) is 10.5. The standard InChI is InChI=1S/C13H17ClN4S/c1-3-15-13-17-9(2)8-12(18-13)16-7-6-10-4-5-11(14)19-10/h4-5,8H,3,6-7H2,1-2H3,(H2,15,16,17,18). The summed E-state index contributed by atoms with van der Waals surface area (Å²) in [6.07, 6.45) is 0.941. The molecule has 0 saturated heterocycles. The van der Waals surface area contributed by atoms with Gasteiger partial charge in [0.25, 0.3) is 0 Å². The number of aromatic nitrogens is 2. The summed E-state index contributed by atoms with van der Waals surface area (Å²) in [6.45, 7) is 5.64. The molecule has 0 saturated carbocycles. The molecular formula is C13H17ClN4S. The zero-order valence-corrected chi connectivity index (χ0v) is 12.6. The number of halogens is 1. The van der Waals surface area contributed by atoms with E-state index in [4.69, 9.17) is 11.6 Å². The number of thiophene rings is 1. The Morgan fingerprint density at radius 1 is 1.26 bits per heavy atom. The number of nitrogens with one attached hydrogen (secondary N) is 2. The van der Waals surface area contributed by atoms with Crippen LogP contribution >= 0.6 is 22.9 Å². The number of aryl methyl sites for hydroxylation is 1. The average Bonchev–Trinajstić information content (AvgIpc) is 2.75. The predicted molar refractivity (Wildman–Crippen MR) is 82.5 cm³/mol.